The molecule has 0 aromatic heterocycles. The number of rotatable bonds is 10. The molecule has 20 heavy (non-hydrogen) atoms. The molecule has 0 bridgehead atoms. The average molecular weight is 281 g/mol. The number of hydrogen-bond donors (Lipinski definition) is 1. The minimum absolute atomic E-state index is 0.105. The summed E-state index contributed by atoms with van der Waals surface area (Å²) in [6.45, 7) is 6.69. The van der Waals surface area contributed by atoms with Crippen LogP contribution in [0.1, 0.15) is 57.1 Å². The Hall–Kier alpha value is -1.22. The van der Waals surface area contributed by atoms with Gasteiger partial charge in [0.15, 0.2) is 11.6 Å². The van der Waals surface area contributed by atoms with Crippen molar-refractivity contribution >= 4 is 0 Å². The van der Waals surface area contributed by atoms with Crippen LogP contribution in [0, 0.1) is 11.6 Å². The fraction of sp³-hybridized carbons (Fsp3) is 0.529. The molecule has 112 valence electrons. The lowest BCUT2D eigenvalue weighted by Crippen LogP contribution is -2.22. The molecule has 0 spiro atoms. The van der Waals surface area contributed by atoms with Gasteiger partial charge in [0.05, 0.1) is 0 Å². The second-order valence-electron chi connectivity index (χ2n) is 5.11. The monoisotopic (exact) mass is 281 g/mol. The number of hydrogen-bond acceptors (Lipinski definition) is 1. The van der Waals surface area contributed by atoms with Crippen molar-refractivity contribution in [1.29, 1.82) is 0 Å². The maximum atomic E-state index is 13.3. The molecule has 0 saturated carbocycles. The van der Waals surface area contributed by atoms with Crippen molar-refractivity contribution in [3.05, 3.63) is 48.1 Å². The van der Waals surface area contributed by atoms with Crippen molar-refractivity contribution in [2.45, 2.75) is 51.5 Å². The van der Waals surface area contributed by atoms with Crippen LogP contribution in [-0.2, 0) is 0 Å². The molecule has 1 atom stereocenters. The molecule has 0 aliphatic rings. The normalized spacial score (nSPS) is 12.3. The molecule has 1 N–H and O–H groups in total. The highest BCUT2D eigenvalue weighted by molar-refractivity contribution is 5.21. The minimum atomic E-state index is -0.783. The average Bonchev–Trinajstić information content (AvgIpc) is 2.45. The predicted molar refractivity (Wildman–Crippen MR) is 80.7 cm³/mol. The molecule has 1 aromatic carbocycles. The molecule has 3 heteroatoms. The summed E-state index contributed by atoms with van der Waals surface area (Å²) >= 11 is 0. The molecular weight excluding hydrogens is 256 g/mol. The summed E-state index contributed by atoms with van der Waals surface area (Å²) in [6, 6.07) is 4.30. The van der Waals surface area contributed by atoms with Gasteiger partial charge >= 0.3 is 0 Å². The summed E-state index contributed by atoms with van der Waals surface area (Å²) in [5, 5.41) is 3.41. The van der Waals surface area contributed by atoms with Gasteiger partial charge in [0.25, 0.3) is 0 Å². The highest BCUT2D eigenvalue weighted by Crippen LogP contribution is 2.22. The molecule has 1 rings (SSSR count). The lowest BCUT2D eigenvalue weighted by Gasteiger charge is -2.19. The standard InChI is InChI=1S/C17H25F2N/c1-3-5-6-7-8-9-17(20-12-4-2)14-10-11-15(18)16(19)13-14/h3,10-11,13,17,20H,1,4-9,12H2,2H3. The van der Waals surface area contributed by atoms with Crippen LogP contribution in [0.5, 0.6) is 0 Å². The Labute approximate surface area is 121 Å². The van der Waals surface area contributed by atoms with Crippen LogP contribution in [-0.4, -0.2) is 6.54 Å². The third kappa shape index (κ3) is 5.83. The van der Waals surface area contributed by atoms with E-state index in [0.717, 1.165) is 50.6 Å². The number of allylic oxidation sites excluding steroid dienone is 1. The van der Waals surface area contributed by atoms with Crippen LogP contribution >= 0.6 is 0 Å². The molecule has 0 aliphatic carbocycles. The van der Waals surface area contributed by atoms with Gasteiger partial charge in [-0.3, -0.25) is 0 Å². The molecule has 1 unspecified atom stereocenters. The molecule has 0 saturated heterocycles. The van der Waals surface area contributed by atoms with Crippen molar-refractivity contribution in [2.75, 3.05) is 6.54 Å². The molecule has 0 heterocycles. The van der Waals surface area contributed by atoms with Gasteiger partial charge in [0.2, 0.25) is 0 Å². The lowest BCUT2D eigenvalue weighted by atomic mass is 9.99. The van der Waals surface area contributed by atoms with E-state index in [-0.39, 0.29) is 6.04 Å². The van der Waals surface area contributed by atoms with E-state index in [2.05, 4.69) is 18.8 Å². The second-order valence-corrected chi connectivity index (χ2v) is 5.11. The van der Waals surface area contributed by atoms with Crippen molar-refractivity contribution in [1.82, 2.24) is 5.32 Å². The van der Waals surface area contributed by atoms with E-state index >= 15 is 0 Å². The Balaban J connectivity index is 2.57. The van der Waals surface area contributed by atoms with Crippen molar-refractivity contribution < 1.29 is 8.78 Å². The van der Waals surface area contributed by atoms with E-state index < -0.39 is 11.6 Å². The Morgan fingerprint density at radius 2 is 2.00 bits per heavy atom. The Morgan fingerprint density at radius 1 is 1.20 bits per heavy atom. The number of halogens is 2. The first-order valence-corrected chi connectivity index (χ1v) is 7.48. The second kappa shape index (κ2) is 9.65. The lowest BCUT2D eigenvalue weighted by molar-refractivity contribution is 0.462. The Kier molecular flexibility index (Phi) is 8.12. The number of nitrogens with one attached hydrogen (secondary N) is 1. The third-order valence-corrected chi connectivity index (χ3v) is 3.39. The van der Waals surface area contributed by atoms with E-state index in [1.807, 2.05) is 6.08 Å². The summed E-state index contributed by atoms with van der Waals surface area (Å²) < 4.78 is 26.3. The summed E-state index contributed by atoms with van der Waals surface area (Å²) in [7, 11) is 0. The van der Waals surface area contributed by atoms with Crippen LogP contribution in [0.3, 0.4) is 0 Å². The summed E-state index contributed by atoms with van der Waals surface area (Å²) in [6.07, 6.45) is 8.30. The quantitative estimate of drug-likeness (QED) is 0.462. The van der Waals surface area contributed by atoms with Crippen molar-refractivity contribution in [3.8, 4) is 0 Å². The van der Waals surface area contributed by atoms with Crippen molar-refractivity contribution in [3.63, 3.8) is 0 Å². The SMILES string of the molecule is C=CCCCCCC(NCCC)c1ccc(F)c(F)c1. The minimum Gasteiger partial charge on any atom is -0.310 e. The van der Waals surface area contributed by atoms with Gasteiger partial charge in [-0.25, -0.2) is 8.78 Å². The zero-order valence-electron chi connectivity index (χ0n) is 12.3. The van der Waals surface area contributed by atoms with Crippen molar-refractivity contribution in [2.24, 2.45) is 0 Å². The van der Waals surface area contributed by atoms with E-state index in [9.17, 15) is 8.78 Å². The fourth-order valence-electron chi connectivity index (χ4n) is 2.25. The first-order valence-electron chi connectivity index (χ1n) is 7.48. The topological polar surface area (TPSA) is 12.0 Å². The van der Waals surface area contributed by atoms with Gasteiger partial charge in [-0.15, -0.1) is 6.58 Å². The van der Waals surface area contributed by atoms with Crippen LogP contribution in [0.25, 0.3) is 0 Å². The predicted octanol–water partition coefficient (Wildman–Crippen LogP) is 5.14. The molecule has 0 fully saturated rings. The molecule has 0 radical (unpaired) electrons. The first kappa shape index (κ1) is 16.8. The highest BCUT2D eigenvalue weighted by Gasteiger charge is 2.12. The molecule has 1 aromatic rings. The van der Waals surface area contributed by atoms with Crippen LogP contribution in [0.2, 0.25) is 0 Å². The van der Waals surface area contributed by atoms with Gasteiger partial charge in [-0.1, -0.05) is 31.9 Å². The molecule has 0 amide bonds. The van der Waals surface area contributed by atoms with E-state index in [4.69, 9.17) is 0 Å². The van der Waals surface area contributed by atoms with Gasteiger partial charge in [-0.05, 0) is 49.9 Å². The molecular formula is C17H25F2N. The van der Waals surface area contributed by atoms with Gasteiger partial charge in [0, 0.05) is 6.04 Å². The largest absolute Gasteiger partial charge is 0.310 e. The molecule has 1 nitrogen and oxygen atoms in total. The smallest absolute Gasteiger partial charge is 0.159 e. The Bertz CT molecular complexity index is 404. The van der Waals surface area contributed by atoms with E-state index in [1.165, 1.54) is 12.1 Å². The summed E-state index contributed by atoms with van der Waals surface area (Å²) in [5.74, 6) is -1.55. The summed E-state index contributed by atoms with van der Waals surface area (Å²) in [4.78, 5) is 0. The van der Waals surface area contributed by atoms with Gasteiger partial charge in [-0.2, -0.15) is 0 Å². The van der Waals surface area contributed by atoms with E-state index in [1.54, 1.807) is 6.07 Å². The Morgan fingerprint density at radius 3 is 2.65 bits per heavy atom. The maximum absolute atomic E-state index is 13.3. The summed E-state index contributed by atoms with van der Waals surface area (Å²) in [5.41, 5.74) is 0.834. The zero-order chi connectivity index (χ0) is 14.8. The fourth-order valence-corrected chi connectivity index (χ4v) is 2.25. The van der Waals surface area contributed by atoms with Gasteiger partial charge < -0.3 is 5.32 Å². The van der Waals surface area contributed by atoms with Crippen LogP contribution in [0.15, 0.2) is 30.9 Å². The molecule has 0 aliphatic heterocycles. The van der Waals surface area contributed by atoms with Gasteiger partial charge in [0.1, 0.15) is 0 Å². The first-order chi connectivity index (χ1) is 9.69. The number of unbranched alkanes of at least 4 members (excludes halogenated alkanes) is 3. The van der Waals surface area contributed by atoms with E-state index in [0.29, 0.717) is 0 Å². The number of benzene rings is 1. The maximum Gasteiger partial charge on any atom is 0.159 e. The zero-order valence-corrected chi connectivity index (χ0v) is 12.3. The highest BCUT2D eigenvalue weighted by atomic mass is 19.2. The van der Waals surface area contributed by atoms with Crippen LogP contribution in [0.4, 0.5) is 8.78 Å². The van der Waals surface area contributed by atoms with Crippen LogP contribution < -0.4 is 5.32 Å². The third-order valence-electron chi connectivity index (χ3n) is 3.39.